The highest BCUT2D eigenvalue weighted by atomic mass is 14.8. The van der Waals surface area contributed by atoms with Crippen LogP contribution in [0.15, 0.2) is 72.8 Å². The number of nitrogens with one attached hydrogen (secondary N) is 2. The van der Waals surface area contributed by atoms with E-state index in [1.54, 1.807) is 0 Å². The average molecular weight is 587 g/mol. The normalized spacial score (nSPS) is 12.8. The Morgan fingerprint density at radius 2 is 0.911 bits per heavy atom. The molecule has 4 heteroatoms. The molecule has 2 aliphatic heterocycles. The fourth-order valence-electron chi connectivity index (χ4n) is 7.81. The quantitative estimate of drug-likeness (QED) is 0.202. The number of nitrogens with zero attached hydrogens (tertiary/aromatic N) is 2. The van der Waals surface area contributed by atoms with Gasteiger partial charge in [0, 0.05) is 33.2 Å². The van der Waals surface area contributed by atoms with Crippen molar-refractivity contribution in [2.75, 3.05) is 0 Å². The number of hydrogen-bond donors (Lipinski definition) is 2. The van der Waals surface area contributed by atoms with E-state index >= 15 is 0 Å². The second kappa shape index (κ2) is 10.3. The van der Waals surface area contributed by atoms with Gasteiger partial charge in [-0.3, -0.25) is 0 Å². The van der Waals surface area contributed by atoms with Crippen molar-refractivity contribution in [3.8, 4) is 22.5 Å². The molecule has 0 radical (unpaired) electrons. The van der Waals surface area contributed by atoms with Crippen molar-refractivity contribution >= 4 is 54.8 Å². The number of hydrogen-bond acceptors (Lipinski definition) is 2. The van der Waals surface area contributed by atoms with Gasteiger partial charge in [-0.2, -0.15) is 0 Å². The van der Waals surface area contributed by atoms with Crippen LogP contribution in [0.25, 0.3) is 77.3 Å². The summed E-state index contributed by atoms with van der Waals surface area (Å²) in [5, 5.41) is 4.98. The molecule has 0 saturated heterocycles. The number of aryl methyl sites for hydroxylation is 4. The van der Waals surface area contributed by atoms with E-state index in [1.807, 2.05) is 0 Å². The number of H-pyrrole nitrogens is 2. The van der Waals surface area contributed by atoms with Crippen LogP contribution in [0, 0.1) is 13.8 Å². The highest BCUT2D eigenvalue weighted by molar-refractivity contribution is 6.22. The molecule has 0 unspecified atom stereocenters. The molecule has 2 aliphatic rings. The molecule has 0 aliphatic carbocycles. The third kappa shape index (κ3) is 4.05. The van der Waals surface area contributed by atoms with E-state index in [9.17, 15) is 0 Å². The van der Waals surface area contributed by atoms with Crippen LogP contribution < -0.4 is 0 Å². The topological polar surface area (TPSA) is 57.4 Å². The first-order valence-corrected chi connectivity index (χ1v) is 16.3. The number of aromatic nitrogens is 4. The maximum absolute atomic E-state index is 5.46. The van der Waals surface area contributed by atoms with Gasteiger partial charge in [0.1, 0.15) is 0 Å². The van der Waals surface area contributed by atoms with Gasteiger partial charge in [0.15, 0.2) is 0 Å². The summed E-state index contributed by atoms with van der Waals surface area (Å²) in [6.45, 7) is 13.4. The van der Waals surface area contributed by atoms with Gasteiger partial charge < -0.3 is 9.97 Å². The Labute approximate surface area is 263 Å². The third-order valence-corrected chi connectivity index (χ3v) is 10.2. The summed E-state index contributed by atoms with van der Waals surface area (Å²) in [6, 6.07) is 26.6. The number of allylic oxidation sites excluding steroid dienone is 2. The summed E-state index contributed by atoms with van der Waals surface area (Å²) in [5.41, 5.74) is 18.7. The van der Waals surface area contributed by atoms with Crippen LogP contribution >= 0.6 is 0 Å². The summed E-state index contributed by atoms with van der Waals surface area (Å²) in [5.74, 6) is 0. The second-order valence-electron chi connectivity index (χ2n) is 12.5. The molecule has 0 spiro atoms. The predicted octanol–water partition coefficient (Wildman–Crippen LogP) is 11.0. The van der Waals surface area contributed by atoms with Crippen LogP contribution in [0.1, 0.15) is 67.8 Å². The average Bonchev–Trinajstić information content (AvgIpc) is 3.74. The highest BCUT2D eigenvalue weighted by Crippen LogP contribution is 2.47. The van der Waals surface area contributed by atoms with Gasteiger partial charge >= 0.3 is 0 Å². The third-order valence-electron chi connectivity index (χ3n) is 10.2. The molecule has 45 heavy (non-hydrogen) atoms. The molecule has 0 atom stereocenters. The number of rotatable bonds is 3. The minimum Gasteiger partial charge on any atom is -0.355 e. The lowest BCUT2D eigenvalue weighted by Crippen LogP contribution is -1.86. The van der Waals surface area contributed by atoms with Crippen molar-refractivity contribution in [3.05, 3.63) is 106 Å². The van der Waals surface area contributed by atoms with Gasteiger partial charge in [-0.1, -0.05) is 69.3 Å². The molecule has 6 aromatic rings. The van der Waals surface area contributed by atoms with Crippen molar-refractivity contribution in [2.45, 2.75) is 60.8 Å². The lowest BCUT2D eigenvalue weighted by atomic mass is 9.90. The molecular formula is C41H38N4. The number of benzene rings is 3. The lowest BCUT2D eigenvalue weighted by molar-refractivity contribution is 1.14. The monoisotopic (exact) mass is 586 g/mol. The Kier molecular flexibility index (Phi) is 6.32. The van der Waals surface area contributed by atoms with Gasteiger partial charge in [0.05, 0.1) is 22.8 Å². The molecule has 0 amide bonds. The molecule has 4 nitrogen and oxygen atoms in total. The smallest absolute Gasteiger partial charge is 0.0743 e. The standard InChI is InChI=1S/C41H38N4/c1-7-25-22(4)32-18-33-23(5)27(9-3)37(43-33)21-39-41-31-17-13-11-15-29(31)28-14-10-12-16-30(28)40(41)38(45-39)19-34-24(6)26(8-2)36(44-34)20-35(25)42-32/h10-21,43-44H,7-9H2,1-6H3. The molecule has 3 aromatic carbocycles. The van der Waals surface area contributed by atoms with Crippen molar-refractivity contribution in [1.82, 2.24) is 19.9 Å². The van der Waals surface area contributed by atoms with E-state index in [0.717, 1.165) is 64.1 Å². The summed E-state index contributed by atoms with van der Waals surface area (Å²) in [7, 11) is 0. The fraction of sp³-hybridized carbons (Fsp3) is 0.220. The zero-order valence-corrected chi connectivity index (χ0v) is 26.9. The second-order valence-corrected chi connectivity index (χ2v) is 12.5. The van der Waals surface area contributed by atoms with Gasteiger partial charge in [-0.25, -0.2) is 9.97 Å². The minimum atomic E-state index is 0.930. The first kappa shape index (κ1) is 27.6. The van der Waals surface area contributed by atoms with Crippen LogP contribution in [-0.2, 0) is 12.8 Å². The number of fused-ring (bicyclic) bond motifs is 16. The number of aromatic amines is 2. The lowest BCUT2D eigenvalue weighted by Gasteiger charge is -2.12. The molecule has 8 rings (SSSR count). The van der Waals surface area contributed by atoms with Gasteiger partial charge in [0.2, 0.25) is 0 Å². The van der Waals surface area contributed by atoms with E-state index < -0.39 is 0 Å². The largest absolute Gasteiger partial charge is 0.355 e. The molecule has 222 valence electrons. The summed E-state index contributed by atoms with van der Waals surface area (Å²) in [6.07, 6.45) is 2.81. The van der Waals surface area contributed by atoms with E-state index in [-0.39, 0.29) is 0 Å². The van der Waals surface area contributed by atoms with Crippen LogP contribution in [0.4, 0.5) is 0 Å². The van der Waals surface area contributed by atoms with Gasteiger partial charge in [-0.05, 0) is 119 Å². The zero-order valence-electron chi connectivity index (χ0n) is 26.9. The Bertz CT molecular complexity index is 2410. The molecule has 3 aromatic heterocycles. The summed E-state index contributed by atoms with van der Waals surface area (Å²) in [4.78, 5) is 18.3. The van der Waals surface area contributed by atoms with Crippen LogP contribution in [0.5, 0.6) is 0 Å². The SMILES string of the molecule is CCC1=C(C)c2cc3[nH]c(cc4nc(cc5[nH]c(cc1n2)c(CC)c5C)-c1c-4c2ccccc2c2ccccc12)c(CC)c3C. The van der Waals surface area contributed by atoms with E-state index in [2.05, 4.69) is 124 Å². The summed E-state index contributed by atoms with van der Waals surface area (Å²) < 4.78 is 0. The fourth-order valence-corrected chi connectivity index (χ4v) is 7.81. The first-order chi connectivity index (χ1) is 21.9. The molecule has 8 bridgehead atoms. The van der Waals surface area contributed by atoms with Crippen molar-refractivity contribution in [2.24, 2.45) is 0 Å². The predicted molar refractivity (Wildman–Crippen MR) is 191 cm³/mol. The van der Waals surface area contributed by atoms with Crippen LogP contribution in [-0.4, -0.2) is 19.9 Å². The van der Waals surface area contributed by atoms with Crippen LogP contribution in [0.3, 0.4) is 0 Å². The Balaban J connectivity index is 1.61. The molecule has 5 heterocycles. The van der Waals surface area contributed by atoms with Crippen LogP contribution in [0.2, 0.25) is 0 Å². The maximum Gasteiger partial charge on any atom is 0.0743 e. The van der Waals surface area contributed by atoms with Gasteiger partial charge in [-0.15, -0.1) is 0 Å². The van der Waals surface area contributed by atoms with Crippen molar-refractivity contribution in [3.63, 3.8) is 0 Å². The van der Waals surface area contributed by atoms with Crippen molar-refractivity contribution in [1.29, 1.82) is 0 Å². The Hall–Kier alpha value is -4.96. The molecule has 2 N–H and O–H groups in total. The van der Waals surface area contributed by atoms with Gasteiger partial charge in [0.25, 0.3) is 0 Å². The summed E-state index contributed by atoms with van der Waals surface area (Å²) >= 11 is 0. The van der Waals surface area contributed by atoms with E-state index in [1.165, 1.54) is 66.1 Å². The first-order valence-electron chi connectivity index (χ1n) is 16.3. The molecular weight excluding hydrogens is 548 g/mol. The maximum atomic E-state index is 5.46. The molecule has 0 saturated carbocycles. The molecule has 0 fully saturated rings. The zero-order chi connectivity index (χ0) is 31.0. The Morgan fingerprint density at radius 1 is 0.489 bits per heavy atom. The minimum absolute atomic E-state index is 0.930. The van der Waals surface area contributed by atoms with E-state index in [4.69, 9.17) is 9.97 Å². The van der Waals surface area contributed by atoms with E-state index in [0.29, 0.717) is 0 Å². The van der Waals surface area contributed by atoms with Crippen molar-refractivity contribution < 1.29 is 0 Å². The highest BCUT2D eigenvalue weighted by Gasteiger charge is 2.24. The Morgan fingerprint density at radius 3 is 1.40 bits per heavy atom.